The van der Waals surface area contributed by atoms with E-state index in [0.717, 1.165) is 0 Å². The Balaban J connectivity index is 2.77. The summed E-state index contributed by atoms with van der Waals surface area (Å²) in [7, 11) is 1.60. The van der Waals surface area contributed by atoms with Crippen LogP contribution in [0.4, 0.5) is 0 Å². The van der Waals surface area contributed by atoms with Gasteiger partial charge in [0.1, 0.15) is 6.54 Å². The summed E-state index contributed by atoms with van der Waals surface area (Å²) in [6.07, 6.45) is 1.17. The molecule has 1 aliphatic rings. The lowest BCUT2D eigenvalue weighted by atomic mass is 10.2. The highest BCUT2D eigenvalue weighted by Crippen LogP contribution is 1.99. The summed E-state index contributed by atoms with van der Waals surface area (Å²) in [5, 5.41) is 10.2. The Labute approximate surface area is 80.0 Å². The van der Waals surface area contributed by atoms with Crippen LogP contribution in [-0.4, -0.2) is 41.6 Å². The van der Waals surface area contributed by atoms with Crippen LogP contribution in [0, 0.1) is 10.1 Å². The number of carbonyl (C=O) groups excluding carboxylic acids is 1. The number of rotatable bonds is 2. The van der Waals surface area contributed by atoms with Crippen molar-refractivity contribution in [3.05, 3.63) is 22.0 Å². The van der Waals surface area contributed by atoms with Gasteiger partial charge in [0, 0.05) is 7.05 Å². The molecule has 0 aromatic heterocycles. The van der Waals surface area contributed by atoms with Gasteiger partial charge in [-0.2, -0.15) is 0 Å². The van der Waals surface area contributed by atoms with Crippen LogP contribution in [-0.2, 0) is 4.79 Å². The van der Waals surface area contributed by atoms with Crippen molar-refractivity contribution in [1.29, 1.82) is 0 Å². The molecule has 1 aliphatic heterocycles. The zero-order valence-corrected chi connectivity index (χ0v) is 7.64. The van der Waals surface area contributed by atoms with Gasteiger partial charge in [0.15, 0.2) is 0 Å². The molecule has 0 saturated heterocycles. The van der Waals surface area contributed by atoms with Crippen LogP contribution >= 0.6 is 0 Å². The molecule has 0 unspecified atom stereocenters. The molecular formula is C7H10N4O3. The molecule has 0 aromatic carbocycles. The predicted molar refractivity (Wildman–Crippen MR) is 49.2 cm³/mol. The van der Waals surface area contributed by atoms with Gasteiger partial charge in [-0.3, -0.25) is 15.5 Å². The molecule has 76 valence electrons. The molecule has 0 bridgehead atoms. The third-order valence-electron chi connectivity index (χ3n) is 1.77. The van der Waals surface area contributed by atoms with Crippen LogP contribution in [0.3, 0.4) is 0 Å². The second-order valence-electron chi connectivity index (χ2n) is 2.88. The van der Waals surface area contributed by atoms with Gasteiger partial charge >= 0.3 is 5.82 Å². The first kappa shape index (κ1) is 10.2. The Morgan fingerprint density at radius 2 is 2.43 bits per heavy atom. The van der Waals surface area contributed by atoms with Crippen LogP contribution in [0.5, 0.6) is 0 Å². The number of amides is 1. The largest absolute Gasteiger partial charge is 0.358 e. The Morgan fingerprint density at radius 3 is 2.93 bits per heavy atom. The van der Waals surface area contributed by atoms with Crippen molar-refractivity contribution < 1.29 is 9.72 Å². The monoisotopic (exact) mass is 198 g/mol. The number of nitrogens with zero attached hydrogens (tertiary/aromatic N) is 3. The highest BCUT2D eigenvalue weighted by atomic mass is 16.6. The van der Waals surface area contributed by atoms with E-state index in [-0.39, 0.29) is 19.0 Å². The smallest absolute Gasteiger partial charge is 0.315 e. The molecule has 0 saturated carbocycles. The molecule has 1 heterocycles. The average molecular weight is 198 g/mol. The highest BCUT2D eigenvalue weighted by molar-refractivity contribution is 6.02. The average Bonchev–Trinajstić information content (AvgIpc) is 2.11. The summed E-state index contributed by atoms with van der Waals surface area (Å²) in [5.41, 5.74) is 5.55. The number of carbonyl (C=O) groups is 1. The summed E-state index contributed by atoms with van der Waals surface area (Å²) in [6.45, 7) is 0.278. The maximum atomic E-state index is 11.0. The topological polar surface area (TPSA) is 102 Å². The first-order valence-electron chi connectivity index (χ1n) is 3.89. The van der Waals surface area contributed by atoms with Gasteiger partial charge in [-0.1, -0.05) is 0 Å². The van der Waals surface area contributed by atoms with E-state index in [0.29, 0.717) is 5.71 Å². The van der Waals surface area contributed by atoms with Crippen molar-refractivity contribution in [1.82, 2.24) is 4.90 Å². The molecule has 2 N–H and O–H groups in total. The fraction of sp³-hybridized carbons (Fsp3) is 0.429. The first-order chi connectivity index (χ1) is 6.50. The Bertz CT molecular complexity index is 334. The van der Waals surface area contributed by atoms with Gasteiger partial charge in [0.25, 0.3) is 0 Å². The molecule has 0 radical (unpaired) electrons. The van der Waals surface area contributed by atoms with E-state index in [9.17, 15) is 14.9 Å². The quantitative estimate of drug-likeness (QED) is 0.453. The van der Waals surface area contributed by atoms with Crippen molar-refractivity contribution in [3.8, 4) is 0 Å². The van der Waals surface area contributed by atoms with E-state index >= 15 is 0 Å². The van der Waals surface area contributed by atoms with E-state index < -0.39 is 10.7 Å². The number of hydrogen-bond acceptors (Lipinski definition) is 5. The summed E-state index contributed by atoms with van der Waals surface area (Å²) >= 11 is 0. The number of nitrogens with two attached hydrogens (primary N) is 1. The van der Waals surface area contributed by atoms with E-state index in [1.165, 1.54) is 11.0 Å². The minimum Gasteiger partial charge on any atom is -0.358 e. The van der Waals surface area contributed by atoms with Crippen molar-refractivity contribution in [2.75, 3.05) is 20.1 Å². The van der Waals surface area contributed by atoms with Crippen molar-refractivity contribution >= 4 is 11.6 Å². The summed E-state index contributed by atoms with van der Waals surface area (Å²) in [6, 6.07) is 0. The van der Waals surface area contributed by atoms with Crippen LogP contribution in [0.25, 0.3) is 0 Å². The van der Waals surface area contributed by atoms with E-state index in [1.54, 1.807) is 7.05 Å². The third-order valence-corrected chi connectivity index (χ3v) is 1.77. The molecule has 0 atom stereocenters. The summed E-state index contributed by atoms with van der Waals surface area (Å²) in [4.78, 5) is 25.8. The molecule has 7 nitrogen and oxygen atoms in total. The Kier molecular flexibility index (Phi) is 2.80. The van der Waals surface area contributed by atoms with Gasteiger partial charge in [-0.05, 0) is 4.92 Å². The fourth-order valence-electron chi connectivity index (χ4n) is 0.986. The molecule has 0 fully saturated rings. The molecule has 14 heavy (non-hydrogen) atoms. The van der Waals surface area contributed by atoms with Crippen LogP contribution in [0.1, 0.15) is 0 Å². The first-order valence-corrected chi connectivity index (χ1v) is 3.89. The molecule has 1 amide bonds. The number of hydrogen-bond donors (Lipinski definition) is 1. The standard InChI is InChI=1S/C7H10N4O3/c1-10-4-5(9-3-7(10)12)2-6(8)11(13)14/h2H,3-4,8H2,1H3. The zero-order chi connectivity index (χ0) is 10.7. The van der Waals surface area contributed by atoms with Crippen LogP contribution in [0.15, 0.2) is 16.9 Å². The van der Waals surface area contributed by atoms with Gasteiger partial charge in [0.2, 0.25) is 5.91 Å². The molecule has 0 aromatic rings. The second kappa shape index (κ2) is 3.86. The van der Waals surface area contributed by atoms with Crippen LogP contribution in [0.2, 0.25) is 0 Å². The highest BCUT2D eigenvalue weighted by Gasteiger charge is 2.16. The van der Waals surface area contributed by atoms with Gasteiger partial charge in [0.05, 0.1) is 18.3 Å². The van der Waals surface area contributed by atoms with E-state index in [2.05, 4.69) is 4.99 Å². The van der Waals surface area contributed by atoms with Crippen molar-refractivity contribution in [2.24, 2.45) is 10.7 Å². The SMILES string of the molecule is CN1CC(C=C(N)[N+](=O)[O-])=NCC1=O. The third kappa shape index (κ3) is 2.28. The summed E-state index contributed by atoms with van der Waals surface area (Å²) < 4.78 is 0. The predicted octanol–water partition coefficient (Wildman–Crippen LogP) is -1.02. The van der Waals surface area contributed by atoms with Crippen molar-refractivity contribution in [2.45, 2.75) is 0 Å². The normalized spacial score (nSPS) is 18.1. The molecule has 7 heteroatoms. The number of nitro groups is 1. The lowest BCUT2D eigenvalue weighted by molar-refractivity contribution is -0.426. The maximum absolute atomic E-state index is 11.0. The lowest BCUT2D eigenvalue weighted by Crippen LogP contribution is -2.37. The molecular weight excluding hydrogens is 188 g/mol. The molecule has 1 rings (SSSR count). The van der Waals surface area contributed by atoms with Gasteiger partial charge in [-0.15, -0.1) is 0 Å². The van der Waals surface area contributed by atoms with E-state index in [1.807, 2.05) is 0 Å². The molecule has 0 spiro atoms. The lowest BCUT2D eigenvalue weighted by Gasteiger charge is -2.20. The number of aliphatic imine (C=N–C) groups is 1. The Morgan fingerprint density at radius 1 is 1.79 bits per heavy atom. The van der Waals surface area contributed by atoms with Crippen LogP contribution < -0.4 is 5.73 Å². The van der Waals surface area contributed by atoms with E-state index in [4.69, 9.17) is 5.73 Å². The zero-order valence-electron chi connectivity index (χ0n) is 7.64. The Hall–Kier alpha value is -1.92. The van der Waals surface area contributed by atoms with Gasteiger partial charge < -0.3 is 15.0 Å². The van der Waals surface area contributed by atoms with Crippen molar-refractivity contribution in [3.63, 3.8) is 0 Å². The molecule has 0 aliphatic carbocycles. The fourth-order valence-corrected chi connectivity index (χ4v) is 0.986. The maximum Gasteiger partial charge on any atom is 0.315 e. The summed E-state index contributed by atoms with van der Waals surface area (Å²) in [5.74, 6) is -0.576. The number of likely N-dealkylation sites (N-methyl/N-ethyl adjacent to an activating group) is 1. The minimum absolute atomic E-state index is 0.0212. The van der Waals surface area contributed by atoms with Gasteiger partial charge in [-0.25, -0.2) is 0 Å². The minimum atomic E-state index is -0.695. The second-order valence-corrected chi connectivity index (χ2v) is 2.88.